The maximum Gasteiger partial charge on any atom is 0.123 e. The zero-order valence-corrected chi connectivity index (χ0v) is 5.33. The van der Waals surface area contributed by atoms with Crippen molar-refractivity contribution in [3.05, 3.63) is 23.8 Å². The van der Waals surface area contributed by atoms with Crippen molar-refractivity contribution in [2.75, 3.05) is 0 Å². The van der Waals surface area contributed by atoms with E-state index in [0.717, 1.165) is 6.08 Å². The lowest BCUT2D eigenvalue weighted by atomic mass is 10.1. The van der Waals surface area contributed by atoms with Gasteiger partial charge >= 0.3 is 0 Å². The summed E-state index contributed by atoms with van der Waals surface area (Å²) in [6.45, 7) is 0. The van der Waals surface area contributed by atoms with E-state index in [1.54, 1.807) is 0 Å². The van der Waals surface area contributed by atoms with E-state index in [1.807, 2.05) is 0 Å². The second-order valence-corrected chi connectivity index (χ2v) is 2.42. The van der Waals surface area contributed by atoms with Crippen LogP contribution in [0.5, 0.6) is 0 Å². The number of hydrogen-bond acceptors (Lipinski definition) is 0. The zero-order valence-electron chi connectivity index (χ0n) is 4.57. The number of rotatable bonds is 0. The standard InChI is InChI=1S/C6H5ClF2/c7-4-1-5(8)3-6(9)2-4/h1,3-4H,2H2. The predicted molar refractivity (Wildman–Crippen MR) is 32.6 cm³/mol. The van der Waals surface area contributed by atoms with Crippen LogP contribution < -0.4 is 0 Å². The molecule has 0 bridgehead atoms. The summed E-state index contributed by atoms with van der Waals surface area (Å²) in [6.07, 6.45) is 2.14. The summed E-state index contributed by atoms with van der Waals surface area (Å²) in [7, 11) is 0. The molecule has 0 aliphatic heterocycles. The minimum Gasteiger partial charge on any atom is -0.212 e. The highest BCUT2D eigenvalue weighted by atomic mass is 35.5. The monoisotopic (exact) mass is 150 g/mol. The number of allylic oxidation sites excluding steroid dienone is 4. The van der Waals surface area contributed by atoms with Crippen molar-refractivity contribution in [1.29, 1.82) is 0 Å². The molecule has 0 aromatic rings. The summed E-state index contributed by atoms with van der Waals surface area (Å²) in [5.74, 6) is -1.08. The molecule has 0 heterocycles. The lowest BCUT2D eigenvalue weighted by Crippen LogP contribution is -1.98. The molecule has 0 radical (unpaired) electrons. The van der Waals surface area contributed by atoms with Gasteiger partial charge in [-0.1, -0.05) is 0 Å². The third-order valence-electron chi connectivity index (χ3n) is 1.02. The first-order valence-electron chi connectivity index (χ1n) is 2.56. The first kappa shape index (κ1) is 6.75. The van der Waals surface area contributed by atoms with Gasteiger partial charge in [0, 0.05) is 12.5 Å². The maximum atomic E-state index is 12.2. The fourth-order valence-electron chi connectivity index (χ4n) is 0.675. The molecule has 50 valence electrons. The molecule has 1 aliphatic rings. The molecule has 0 saturated carbocycles. The maximum absolute atomic E-state index is 12.2. The molecule has 1 unspecified atom stereocenters. The van der Waals surface area contributed by atoms with Gasteiger partial charge in [-0.15, -0.1) is 11.6 Å². The van der Waals surface area contributed by atoms with Crippen molar-refractivity contribution in [2.45, 2.75) is 11.8 Å². The molecule has 0 N–H and O–H groups in total. The SMILES string of the molecule is FC1=CC(Cl)CC(F)=C1. The topological polar surface area (TPSA) is 0 Å². The van der Waals surface area contributed by atoms with Gasteiger partial charge in [0.2, 0.25) is 0 Å². The fourth-order valence-corrected chi connectivity index (χ4v) is 0.942. The molecular weight excluding hydrogens is 146 g/mol. The van der Waals surface area contributed by atoms with E-state index in [1.165, 1.54) is 6.08 Å². The van der Waals surface area contributed by atoms with E-state index in [-0.39, 0.29) is 6.42 Å². The van der Waals surface area contributed by atoms with E-state index < -0.39 is 17.0 Å². The summed E-state index contributed by atoms with van der Waals surface area (Å²) in [5.41, 5.74) is 0. The van der Waals surface area contributed by atoms with Crippen molar-refractivity contribution >= 4 is 11.6 Å². The highest BCUT2D eigenvalue weighted by Gasteiger charge is 2.11. The van der Waals surface area contributed by atoms with Crippen molar-refractivity contribution in [1.82, 2.24) is 0 Å². The first-order chi connectivity index (χ1) is 4.18. The lowest BCUT2D eigenvalue weighted by molar-refractivity contribution is 0.561. The van der Waals surface area contributed by atoms with E-state index in [0.29, 0.717) is 0 Å². The summed E-state index contributed by atoms with van der Waals surface area (Å²) >= 11 is 5.41. The first-order valence-corrected chi connectivity index (χ1v) is 2.99. The average molecular weight is 151 g/mol. The van der Waals surface area contributed by atoms with Gasteiger partial charge in [0.1, 0.15) is 11.7 Å². The Kier molecular flexibility index (Phi) is 1.86. The van der Waals surface area contributed by atoms with Crippen molar-refractivity contribution < 1.29 is 8.78 Å². The van der Waals surface area contributed by atoms with Crippen molar-refractivity contribution in [3.8, 4) is 0 Å². The van der Waals surface area contributed by atoms with Gasteiger partial charge in [-0.2, -0.15) is 0 Å². The van der Waals surface area contributed by atoms with E-state index in [2.05, 4.69) is 0 Å². The fraction of sp³-hybridized carbons (Fsp3) is 0.333. The molecule has 0 amide bonds. The molecule has 0 saturated heterocycles. The Morgan fingerprint density at radius 1 is 1.56 bits per heavy atom. The van der Waals surface area contributed by atoms with Gasteiger partial charge in [0.15, 0.2) is 0 Å². The van der Waals surface area contributed by atoms with Gasteiger partial charge in [-0.05, 0) is 6.08 Å². The molecule has 0 spiro atoms. The van der Waals surface area contributed by atoms with Crippen LogP contribution in [0.3, 0.4) is 0 Å². The number of halogens is 3. The largest absolute Gasteiger partial charge is 0.212 e. The summed E-state index contributed by atoms with van der Waals surface area (Å²) in [6, 6.07) is 0. The normalized spacial score (nSPS) is 27.2. The van der Waals surface area contributed by atoms with Gasteiger partial charge < -0.3 is 0 Å². The van der Waals surface area contributed by atoms with Crippen LogP contribution in [-0.2, 0) is 0 Å². The van der Waals surface area contributed by atoms with Crippen LogP contribution in [0.25, 0.3) is 0 Å². The van der Waals surface area contributed by atoms with Crippen LogP contribution in [0, 0.1) is 0 Å². The van der Waals surface area contributed by atoms with Crippen molar-refractivity contribution in [3.63, 3.8) is 0 Å². The summed E-state index contributed by atoms with van der Waals surface area (Å²) < 4.78 is 24.3. The highest BCUT2D eigenvalue weighted by Crippen LogP contribution is 2.22. The van der Waals surface area contributed by atoms with E-state index >= 15 is 0 Å². The Morgan fingerprint density at radius 3 is 2.67 bits per heavy atom. The van der Waals surface area contributed by atoms with Gasteiger partial charge in [0.25, 0.3) is 0 Å². The Hall–Kier alpha value is -0.370. The third kappa shape index (κ3) is 1.79. The van der Waals surface area contributed by atoms with Crippen LogP contribution in [0.4, 0.5) is 8.78 Å². The van der Waals surface area contributed by atoms with E-state index in [4.69, 9.17) is 11.6 Å². The van der Waals surface area contributed by atoms with Crippen LogP contribution in [0.1, 0.15) is 6.42 Å². The molecule has 9 heavy (non-hydrogen) atoms. The number of alkyl halides is 1. The van der Waals surface area contributed by atoms with Crippen molar-refractivity contribution in [2.24, 2.45) is 0 Å². The summed E-state index contributed by atoms with van der Waals surface area (Å²) in [5, 5.41) is -0.519. The molecule has 0 fully saturated rings. The van der Waals surface area contributed by atoms with Crippen LogP contribution in [0.15, 0.2) is 23.8 Å². The predicted octanol–water partition coefficient (Wildman–Crippen LogP) is 2.70. The molecule has 0 nitrogen and oxygen atoms in total. The summed E-state index contributed by atoms with van der Waals surface area (Å²) in [4.78, 5) is 0. The van der Waals surface area contributed by atoms with Crippen LogP contribution in [0.2, 0.25) is 0 Å². The quantitative estimate of drug-likeness (QED) is 0.466. The van der Waals surface area contributed by atoms with Gasteiger partial charge in [-0.25, -0.2) is 8.78 Å². The second-order valence-electron chi connectivity index (χ2n) is 1.86. The number of hydrogen-bond donors (Lipinski definition) is 0. The molecule has 0 aromatic heterocycles. The average Bonchev–Trinajstić information content (AvgIpc) is 1.59. The minimum absolute atomic E-state index is 0.106. The Balaban J connectivity index is 2.74. The van der Waals surface area contributed by atoms with Gasteiger partial charge in [0.05, 0.1) is 5.38 Å². The smallest absolute Gasteiger partial charge is 0.123 e. The Bertz CT molecular complexity index is 172. The van der Waals surface area contributed by atoms with E-state index in [9.17, 15) is 8.78 Å². The molecule has 1 rings (SSSR count). The molecule has 1 atom stereocenters. The minimum atomic E-state index is -0.584. The third-order valence-corrected chi connectivity index (χ3v) is 1.30. The highest BCUT2D eigenvalue weighted by molar-refractivity contribution is 6.22. The molecule has 0 aromatic carbocycles. The Morgan fingerprint density at radius 2 is 2.22 bits per heavy atom. The zero-order chi connectivity index (χ0) is 6.85. The molecule has 1 aliphatic carbocycles. The van der Waals surface area contributed by atoms with Crippen LogP contribution in [-0.4, -0.2) is 5.38 Å². The Labute approximate surface area is 56.8 Å². The second kappa shape index (κ2) is 2.48. The molecular formula is C6H5ClF2. The molecule has 3 heteroatoms. The van der Waals surface area contributed by atoms with Gasteiger partial charge in [-0.3, -0.25) is 0 Å². The lowest BCUT2D eigenvalue weighted by Gasteiger charge is -2.06. The van der Waals surface area contributed by atoms with Crippen LogP contribution >= 0.6 is 11.6 Å².